The second-order valence-corrected chi connectivity index (χ2v) is 3.49. The molecule has 91 valence electrons. The Kier molecular flexibility index (Phi) is 6.56. The monoisotopic (exact) mass is 391 g/mol. The van der Waals surface area contributed by atoms with Crippen molar-refractivity contribution in [3.05, 3.63) is 38.1 Å². The molecule has 0 unspecified atom stereocenters. The van der Waals surface area contributed by atoms with Crippen LogP contribution >= 0.6 is 0 Å². The van der Waals surface area contributed by atoms with Crippen LogP contribution in [0.3, 0.4) is 0 Å². The molecular weight excluding hydrogens is 373 g/mol. The zero-order valence-corrected chi connectivity index (χ0v) is 11.7. The number of hydrogen-bond acceptors (Lipinski definition) is 4. The van der Waals surface area contributed by atoms with Gasteiger partial charge in [-0.1, -0.05) is 0 Å². The van der Waals surface area contributed by atoms with E-state index in [9.17, 15) is 0 Å². The predicted molar refractivity (Wildman–Crippen MR) is 57.9 cm³/mol. The summed E-state index contributed by atoms with van der Waals surface area (Å²) in [6, 6.07) is 0. The van der Waals surface area contributed by atoms with Crippen molar-refractivity contribution in [3.63, 3.8) is 0 Å². The minimum absolute atomic E-state index is 0. The van der Waals surface area contributed by atoms with Gasteiger partial charge >= 0.3 is 0 Å². The molecule has 2 heterocycles. The van der Waals surface area contributed by atoms with Gasteiger partial charge in [0.2, 0.25) is 0 Å². The number of rotatable bonds is 0. The zero-order chi connectivity index (χ0) is 10.6. The molecule has 1 radical (unpaired) electrons. The van der Waals surface area contributed by atoms with Crippen LogP contribution in [0.2, 0.25) is 0 Å². The summed E-state index contributed by atoms with van der Waals surface area (Å²) in [5.41, 5.74) is 0. The van der Waals surface area contributed by atoms with E-state index in [-0.39, 0.29) is 22.4 Å². The predicted octanol–water partition coefficient (Wildman–Crippen LogP) is 0.906. The van der Waals surface area contributed by atoms with Crippen LogP contribution in [0.25, 0.3) is 0 Å². The fraction of sp³-hybridized carbons (Fsp3) is 0.400. The van der Waals surface area contributed by atoms with Gasteiger partial charge in [0.1, 0.15) is 0 Å². The molecule has 2 aliphatic heterocycles. The maximum atomic E-state index is 2.00. The van der Waals surface area contributed by atoms with Gasteiger partial charge in [-0.25, -0.2) is 0 Å². The van der Waals surface area contributed by atoms with Gasteiger partial charge in [-0.3, -0.25) is 0 Å². The molecule has 0 aromatic heterocycles. The van der Waals surface area contributed by atoms with E-state index in [1.165, 1.54) is 0 Å². The SMILES string of the molecule is CN1C=CN(C)[CH-]1.CN1C=CN(C)[CH-]1.[Au]. The molecule has 2 rings (SSSR count). The molecule has 0 N–H and O–H groups in total. The van der Waals surface area contributed by atoms with Crippen LogP contribution in [-0.4, -0.2) is 47.8 Å². The van der Waals surface area contributed by atoms with Crippen LogP contribution in [0.15, 0.2) is 24.8 Å². The van der Waals surface area contributed by atoms with Crippen molar-refractivity contribution in [2.24, 2.45) is 0 Å². The van der Waals surface area contributed by atoms with E-state index in [0.717, 1.165) is 0 Å². The second kappa shape index (κ2) is 6.82. The van der Waals surface area contributed by atoms with E-state index in [1.807, 2.05) is 85.9 Å². The summed E-state index contributed by atoms with van der Waals surface area (Å²) in [6.07, 6.45) is 8.00. The van der Waals surface area contributed by atoms with Gasteiger partial charge in [-0.2, -0.15) is 13.3 Å². The Bertz CT molecular complexity index is 185. The molecule has 0 fully saturated rings. The van der Waals surface area contributed by atoms with E-state index in [4.69, 9.17) is 0 Å². The van der Waals surface area contributed by atoms with Gasteiger partial charge in [0.25, 0.3) is 0 Å². The Labute approximate surface area is 108 Å². The number of nitrogens with zero attached hydrogens (tertiary/aromatic N) is 4. The van der Waals surface area contributed by atoms with Crippen molar-refractivity contribution < 1.29 is 22.4 Å². The van der Waals surface area contributed by atoms with Crippen molar-refractivity contribution in [2.75, 3.05) is 28.2 Å². The third-order valence-corrected chi connectivity index (χ3v) is 1.80. The summed E-state index contributed by atoms with van der Waals surface area (Å²) in [5, 5.41) is 0. The van der Waals surface area contributed by atoms with E-state index in [1.54, 1.807) is 0 Å². The molecule has 0 amide bonds. The third-order valence-electron chi connectivity index (χ3n) is 1.80. The minimum atomic E-state index is 0. The molecule has 0 saturated carbocycles. The summed E-state index contributed by atoms with van der Waals surface area (Å²) in [4.78, 5) is 8.00. The van der Waals surface area contributed by atoms with Crippen molar-refractivity contribution >= 4 is 0 Å². The summed E-state index contributed by atoms with van der Waals surface area (Å²) in [5.74, 6) is 0. The molecular formula is C10H18AuN4-2. The maximum absolute atomic E-state index is 2.00. The van der Waals surface area contributed by atoms with Crippen molar-refractivity contribution in [2.45, 2.75) is 0 Å². The van der Waals surface area contributed by atoms with E-state index in [0.29, 0.717) is 0 Å². The Balaban J connectivity index is 0.000000245. The fourth-order valence-electron chi connectivity index (χ4n) is 1.15. The van der Waals surface area contributed by atoms with Crippen LogP contribution in [0.5, 0.6) is 0 Å². The Morgan fingerprint density at radius 2 is 0.800 bits per heavy atom. The largest absolute Gasteiger partial charge is 0.511 e. The van der Waals surface area contributed by atoms with Crippen LogP contribution in [0.1, 0.15) is 0 Å². The summed E-state index contributed by atoms with van der Waals surface area (Å²) < 4.78 is 0. The average molecular weight is 391 g/mol. The van der Waals surface area contributed by atoms with E-state index >= 15 is 0 Å². The zero-order valence-electron chi connectivity index (χ0n) is 9.55. The topological polar surface area (TPSA) is 13.0 Å². The maximum Gasteiger partial charge on any atom is 0 e. The molecule has 4 nitrogen and oxygen atoms in total. The standard InChI is InChI=1S/2C5H9N2.Au/c2*1-6-3-4-7(2)5-6;/h2*3-5H,1-2H3;/q2*-1;. The van der Waals surface area contributed by atoms with Crippen LogP contribution < -0.4 is 0 Å². The fourth-order valence-corrected chi connectivity index (χ4v) is 1.15. The second-order valence-electron chi connectivity index (χ2n) is 3.49. The van der Waals surface area contributed by atoms with Gasteiger partial charge in [0, 0.05) is 22.4 Å². The van der Waals surface area contributed by atoms with Crippen LogP contribution in [0.4, 0.5) is 0 Å². The summed E-state index contributed by atoms with van der Waals surface area (Å²) in [7, 11) is 8.00. The normalized spacial score (nSPS) is 17.9. The van der Waals surface area contributed by atoms with Crippen molar-refractivity contribution in [3.8, 4) is 0 Å². The quantitative estimate of drug-likeness (QED) is 0.450. The first kappa shape index (κ1) is 14.4. The number of hydrogen-bond donors (Lipinski definition) is 0. The van der Waals surface area contributed by atoms with Crippen LogP contribution in [0, 0.1) is 13.3 Å². The molecule has 0 saturated heterocycles. The van der Waals surface area contributed by atoms with Crippen molar-refractivity contribution in [1.82, 2.24) is 19.6 Å². The summed E-state index contributed by atoms with van der Waals surface area (Å²) >= 11 is 0. The Morgan fingerprint density at radius 1 is 0.600 bits per heavy atom. The van der Waals surface area contributed by atoms with E-state index < -0.39 is 0 Å². The molecule has 0 aromatic carbocycles. The van der Waals surface area contributed by atoms with Gasteiger partial charge in [-0.05, 0) is 53.0 Å². The third kappa shape index (κ3) is 5.77. The molecule has 0 spiro atoms. The smallest absolute Gasteiger partial charge is 0 e. The van der Waals surface area contributed by atoms with Gasteiger partial charge < -0.3 is 19.6 Å². The molecule has 0 bridgehead atoms. The molecule has 2 aliphatic rings. The first-order valence-corrected chi connectivity index (χ1v) is 4.52. The molecule has 0 aliphatic carbocycles. The molecule has 15 heavy (non-hydrogen) atoms. The first-order valence-electron chi connectivity index (χ1n) is 4.52. The summed E-state index contributed by atoms with van der Waals surface area (Å²) in [6.45, 7) is 4.00. The van der Waals surface area contributed by atoms with E-state index in [2.05, 4.69) is 0 Å². The average Bonchev–Trinajstić information content (AvgIpc) is 2.63. The molecule has 5 heteroatoms. The molecule has 0 atom stereocenters. The van der Waals surface area contributed by atoms with Gasteiger partial charge in [0.15, 0.2) is 0 Å². The van der Waals surface area contributed by atoms with Gasteiger partial charge in [0.05, 0.1) is 0 Å². The first-order chi connectivity index (χ1) is 6.58. The minimum Gasteiger partial charge on any atom is -0.511 e. The Hall–Kier alpha value is -0.580. The van der Waals surface area contributed by atoms with Crippen molar-refractivity contribution in [1.29, 1.82) is 0 Å². The van der Waals surface area contributed by atoms with Crippen LogP contribution in [-0.2, 0) is 22.4 Å². The van der Waals surface area contributed by atoms with Gasteiger partial charge in [-0.15, -0.1) is 0 Å². The molecule has 0 aromatic rings. The Morgan fingerprint density at radius 3 is 0.867 bits per heavy atom.